The van der Waals surface area contributed by atoms with E-state index < -0.39 is 28.1 Å². The fourth-order valence-corrected chi connectivity index (χ4v) is 4.20. The number of amides is 1. The van der Waals surface area contributed by atoms with Gasteiger partial charge in [0.05, 0.1) is 21.9 Å². The summed E-state index contributed by atoms with van der Waals surface area (Å²) < 4.78 is 20.4. The molecule has 158 valence electrons. The Hall–Kier alpha value is -3.85. The first-order valence-corrected chi connectivity index (χ1v) is 10.2. The summed E-state index contributed by atoms with van der Waals surface area (Å²) in [4.78, 5) is 39.0. The Morgan fingerprint density at radius 3 is 2.50 bits per heavy atom. The van der Waals surface area contributed by atoms with Crippen molar-refractivity contribution in [2.45, 2.75) is 6.04 Å². The Morgan fingerprint density at radius 1 is 1.03 bits per heavy atom. The van der Waals surface area contributed by atoms with E-state index in [1.165, 1.54) is 29.2 Å². The molecule has 4 aromatic rings. The lowest BCUT2D eigenvalue weighted by molar-refractivity contribution is -0.384. The third kappa shape index (κ3) is 3.09. The summed E-state index contributed by atoms with van der Waals surface area (Å²) in [6, 6.07) is 15.1. The van der Waals surface area contributed by atoms with Crippen molar-refractivity contribution in [1.29, 1.82) is 0 Å². The lowest BCUT2D eigenvalue weighted by Gasteiger charge is -2.25. The van der Waals surface area contributed by atoms with Gasteiger partial charge in [0.2, 0.25) is 5.76 Å². The van der Waals surface area contributed by atoms with Crippen molar-refractivity contribution in [3.8, 4) is 0 Å². The average molecular weight is 495 g/mol. The molecule has 0 radical (unpaired) electrons. The molecule has 1 atom stereocenters. The summed E-state index contributed by atoms with van der Waals surface area (Å²) >= 11 is 3.35. The maximum absolute atomic E-state index is 13.8. The van der Waals surface area contributed by atoms with Crippen LogP contribution in [0.4, 0.5) is 15.8 Å². The number of hydrogen-bond acceptors (Lipinski definition) is 5. The van der Waals surface area contributed by atoms with Crippen LogP contribution in [0.2, 0.25) is 0 Å². The maximum atomic E-state index is 13.8. The van der Waals surface area contributed by atoms with Gasteiger partial charge in [0, 0.05) is 22.3 Å². The molecule has 0 N–H and O–H groups in total. The number of fused-ring (bicyclic) bond motifs is 2. The molecule has 9 heteroatoms. The van der Waals surface area contributed by atoms with E-state index in [-0.39, 0.29) is 28.0 Å². The average Bonchev–Trinajstić information content (AvgIpc) is 3.07. The van der Waals surface area contributed by atoms with Crippen molar-refractivity contribution in [1.82, 2.24) is 0 Å². The van der Waals surface area contributed by atoms with E-state index >= 15 is 0 Å². The van der Waals surface area contributed by atoms with E-state index in [1.54, 1.807) is 30.3 Å². The first kappa shape index (κ1) is 20.1. The lowest BCUT2D eigenvalue weighted by atomic mass is 9.97. The normalized spacial score (nSPS) is 15.2. The monoisotopic (exact) mass is 494 g/mol. The number of carbonyl (C=O) groups excluding carboxylic acids is 1. The standard InChI is InChI=1S/C23H12BrFN2O5/c24-13-4-7-15(8-5-13)26-20(12-2-1-3-16(10-12)27(30)31)19-21(28)17-11-14(25)6-9-18(17)32-22(19)23(26)29/h1-11,20H. The summed E-state index contributed by atoms with van der Waals surface area (Å²) in [6.07, 6.45) is 0. The molecule has 0 aliphatic carbocycles. The van der Waals surface area contributed by atoms with Gasteiger partial charge in [-0.2, -0.15) is 0 Å². The Morgan fingerprint density at radius 2 is 1.78 bits per heavy atom. The van der Waals surface area contributed by atoms with Crippen LogP contribution in [0.5, 0.6) is 0 Å². The van der Waals surface area contributed by atoms with Crippen LogP contribution in [0, 0.1) is 15.9 Å². The molecule has 0 fully saturated rings. The zero-order valence-corrected chi connectivity index (χ0v) is 17.7. The van der Waals surface area contributed by atoms with Crippen LogP contribution in [0.25, 0.3) is 11.0 Å². The number of nitro benzene ring substituents is 1. The van der Waals surface area contributed by atoms with Crippen molar-refractivity contribution >= 4 is 44.2 Å². The molecule has 7 nitrogen and oxygen atoms in total. The summed E-state index contributed by atoms with van der Waals surface area (Å²) in [7, 11) is 0. The number of benzene rings is 3. The number of nitrogens with zero attached hydrogens (tertiary/aromatic N) is 2. The number of non-ortho nitro benzene ring substituents is 1. The van der Waals surface area contributed by atoms with Gasteiger partial charge >= 0.3 is 0 Å². The predicted molar refractivity (Wildman–Crippen MR) is 118 cm³/mol. The third-order valence-electron chi connectivity index (χ3n) is 5.33. The SMILES string of the molecule is O=C1c2oc3ccc(F)cc3c(=O)c2C(c2cccc([N+](=O)[O-])c2)N1c1ccc(Br)cc1. The van der Waals surface area contributed by atoms with E-state index in [9.17, 15) is 24.1 Å². The second-order valence-corrected chi connectivity index (χ2v) is 8.14. The highest BCUT2D eigenvalue weighted by molar-refractivity contribution is 9.10. The first-order chi connectivity index (χ1) is 15.3. The van der Waals surface area contributed by atoms with Gasteiger partial charge in [-0.05, 0) is 48.0 Å². The number of hydrogen-bond donors (Lipinski definition) is 0. The number of halogens is 2. The summed E-state index contributed by atoms with van der Waals surface area (Å²) in [5.74, 6) is -1.36. The molecule has 0 bridgehead atoms. The van der Waals surface area contributed by atoms with E-state index in [2.05, 4.69) is 15.9 Å². The number of anilines is 1. The van der Waals surface area contributed by atoms with Crippen LogP contribution in [0.1, 0.15) is 27.7 Å². The smallest absolute Gasteiger partial charge is 0.295 e. The molecular formula is C23H12BrFN2O5. The van der Waals surface area contributed by atoms with E-state index in [0.717, 1.165) is 16.6 Å². The van der Waals surface area contributed by atoms with Crippen molar-refractivity contribution in [2.24, 2.45) is 0 Å². The molecule has 32 heavy (non-hydrogen) atoms. The quantitative estimate of drug-likeness (QED) is 0.282. The fourth-order valence-electron chi connectivity index (χ4n) is 3.94. The van der Waals surface area contributed by atoms with Crippen molar-refractivity contribution < 1.29 is 18.5 Å². The summed E-state index contributed by atoms with van der Waals surface area (Å²) in [6.45, 7) is 0. The lowest BCUT2D eigenvalue weighted by Crippen LogP contribution is -2.29. The zero-order chi connectivity index (χ0) is 22.6. The zero-order valence-electron chi connectivity index (χ0n) is 16.1. The molecule has 1 aromatic heterocycles. The van der Waals surface area contributed by atoms with Gasteiger partial charge in [-0.3, -0.25) is 24.6 Å². The highest BCUT2D eigenvalue weighted by Crippen LogP contribution is 2.42. The number of nitro groups is 1. The van der Waals surface area contributed by atoms with Gasteiger partial charge in [0.1, 0.15) is 11.4 Å². The molecular weight excluding hydrogens is 483 g/mol. The second kappa shape index (κ2) is 7.38. The van der Waals surface area contributed by atoms with Crippen LogP contribution in [0.3, 0.4) is 0 Å². The minimum absolute atomic E-state index is 0.00960. The highest BCUT2D eigenvalue weighted by atomic mass is 79.9. The van der Waals surface area contributed by atoms with Crippen LogP contribution in [0.15, 0.2) is 80.4 Å². The van der Waals surface area contributed by atoms with E-state index in [1.807, 2.05) is 0 Å². The van der Waals surface area contributed by atoms with Crippen molar-refractivity contribution in [3.05, 3.63) is 114 Å². The van der Waals surface area contributed by atoms with Crippen molar-refractivity contribution in [3.63, 3.8) is 0 Å². The topological polar surface area (TPSA) is 93.7 Å². The van der Waals surface area contributed by atoms with Crippen LogP contribution >= 0.6 is 15.9 Å². The van der Waals surface area contributed by atoms with Crippen molar-refractivity contribution in [2.75, 3.05) is 4.90 Å². The molecule has 1 amide bonds. The Bertz CT molecular complexity index is 1480. The Balaban J connectivity index is 1.82. The molecule has 1 aliphatic heterocycles. The minimum Gasteiger partial charge on any atom is -0.450 e. The van der Waals surface area contributed by atoms with Gasteiger partial charge in [-0.25, -0.2) is 4.39 Å². The molecule has 5 rings (SSSR count). The highest BCUT2D eigenvalue weighted by Gasteiger charge is 2.44. The summed E-state index contributed by atoms with van der Waals surface area (Å²) in [5.41, 5.74) is 0.170. The second-order valence-electron chi connectivity index (χ2n) is 7.22. The molecule has 0 spiro atoms. The van der Waals surface area contributed by atoms with Gasteiger partial charge in [0.25, 0.3) is 11.6 Å². The van der Waals surface area contributed by atoms with Gasteiger partial charge < -0.3 is 4.42 Å². The summed E-state index contributed by atoms with van der Waals surface area (Å²) in [5, 5.41) is 11.3. The molecule has 3 aromatic carbocycles. The molecule has 2 heterocycles. The van der Waals surface area contributed by atoms with Gasteiger partial charge in [-0.1, -0.05) is 28.1 Å². The van der Waals surface area contributed by atoms with E-state index in [0.29, 0.717) is 11.3 Å². The molecule has 0 saturated heterocycles. The largest absolute Gasteiger partial charge is 0.450 e. The van der Waals surface area contributed by atoms with Crippen LogP contribution < -0.4 is 10.3 Å². The predicted octanol–water partition coefficient (Wildman–Crippen LogP) is 5.35. The van der Waals surface area contributed by atoms with Gasteiger partial charge in [-0.15, -0.1) is 0 Å². The van der Waals surface area contributed by atoms with Gasteiger partial charge in [0.15, 0.2) is 5.43 Å². The number of rotatable bonds is 3. The molecule has 1 aliphatic rings. The molecule has 1 unspecified atom stereocenters. The minimum atomic E-state index is -0.984. The molecule has 0 saturated carbocycles. The third-order valence-corrected chi connectivity index (χ3v) is 5.86. The fraction of sp³-hybridized carbons (Fsp3) is 0.0435. The first-order valence-electron chi connectivity index (χ1n) is 9.45. The van der Waals surface area contributed by atoms with Crippen LogP contribution in [-0.2, 0) is 0 Å². The Kier molecular flexibility index (Phi) is 4.63. The maximum Gasteiger partial charge on any atom is 0.295 e. The van der Waals surface area contributed by atoms with Crippen LogP contribution in [-0.4, -0.2) is 10.8 Å². The number of carbonyl (C=O) groups is 1. The van der Waals surface area contributed by atoms with E-state index in [4.69, 9.17) is 4.42 Å². The Labute approximate surface area is 188 Å².